The second-order valence-corrected chi connectivity index (χ2v) is 6.72. The van der Waals surface area contributed by atoms with Gasteiger partial charge in [-0.25, -0.2) is 4.98 Å². The van der Waals surface area contributed by atoms with E-state index in [1.54, 1.807) is 22.7 Å². The summed E-state index contributed by atoms with van der Waals surface area (Å²) in [5.74, 6) is -0.252. The Morgan fingerprint density at radius 2 is 2.47 bits per heavy atom. The average Bonchev–Trinajstić information content (AvgIpc) is 3.05. The lowest BCUT2D eigenvalue weighted by molar-refractivity contribution is -0.145. The molecule has 0 aliphatic heterocycles. The standard InChI is InChI=1S/C14H15NO2S2/c1-2-17-14(16)10-5-6-11-13(10)15-12(19-11)8-9-4-3-7-18-9/h3-4,7,10H,2,5-6,8H2,1H3. The molecule has 2 aromatic heterocycles. The largest absolute Gasteiger partial charge is 0.465 e. The normalized spacial score (nSPS) is 17.4. The number of aryl methyl sites for hydroxylation is 1. The Morgan fingerprint density at radius 3 is 3.21 bits per heavy atom. The fourth-order valence-electron chi connectivity index (χ4n) is 2.39. The van der Waals surface area contributed by atoms with Gasteiger partial charge in [0.25, 0.3) is 0 Å². The summed E-state index contributed by atoms with van der Waals surface area (Å²) < 4.78 is 5.13. The Hall–Kier alpha value is -1.20. The maximum atomic E-state index is 11.9. The predicted octanol–water partition coefficient (Wildman–Crippen LogP) is 3.39. The van der Waals surface area contributed by atoms with E-state index in [0.29, 0.717) is 6.61 Å². The lowest BCUT2D eigenvalue weighted by Gasteiger charge is -2.07. The van der Waals surface area contributed by atoms with Crippen molar-refractivity contribution in [3.63, 3.8) is 0 Å². The minimum Gasteiger partial charge on any atom is -0.465 e. The Labute approximate surface area is 120 Å². The summed E-state index contributed by atoms with van der Waals surface area (Å²) in [6, 6.07) is 4.18. The molecule has 2 aromatic rings. The van der Waals surface area contributed by atoms with Crippen molar-refractivity contribution < 1.29 is 9.53 Å². The molecule has 19 heavy (non-hydrogen) atoms. The van der Waals surface area contributed by atoms with Crippen LogP contribution < -0.4 is 0 Å². The molecular weight excluding hydrogens is 278 g/mol. The maximum absolute atomic E-state index is 11.9. The average molecular weight is 293 g/mol. The molecule has 3 nitrogen and oxygen atoms in total. The number of rotatable bonds is 4. The molecule has 0 bridgehead atoms. The van der Waals surface area contributed by atoms with Crippen LogP contribution in [0, 0.1) is 0 Å². The van der Waals surface area contributed by atoms with E-state index in [-0.39, 0.29) is 11.9 Å². The van der Waals surface area contributed by atoms with E-state index in [1.807, 2.05) is 6.92 Å². The van der Waals surface area contributed by atoms with Crippen molar-refractivity contribution in [2.24, 2.45) is 0 Å². The second kappa shape index (κ2) is 5.43. The number of aromatic nitrogens is 1. The van der Waals surface area contributed by atoms with Crippen molar-refractivity contribution in [1.29, 1.82) is 0 Å². The fraction of sp³-hybridized carbons (Fsp3) is 0.429. The number of thiophene rings is 1. The third-order valence-corrected chi connectivity index (χ3v) is 5.25. The fourth-order valence-corrected chi connectivity index (χ4v) is 4.36. The van der Waals surface area contributed by atoms with Crippen LogP contribution in [0.5, 0.6) is 0 Å². The van der Waals surface area contributed by atoms with Gasteiger partial charge in [-0.3, -0.25) is 4.79 Å². The molecule has 0 fully saturated rings. The summed E-state index contributed by atoms with van der Waals surface area (Å²) in [7, 11) is 0. The second-order valence-electron chi connectivity index (χ2n) is 4.52. The quantitative estimate of drug-likeness (QED) is 0.811. The zero-order chi connectivity index (χ0) is 13.2. The molecule has 100 valence electrons. The number of hydrogen-bond acceptors (Lipinski definition) is 5. The first-order valence-corrected chi connectivity index (χ1v) is 8.15. The Kier molecular flexibility index (Phi) is 3.66. The highest BCUT2D eigenvalue weighted by atomic mass is 32.1. The van der Waals surface area contributed by atoms with Gasteiger partial charge in [0, 0.05) is 16.2 Å². The zero-order valence-electron chi connectivity index (χ0n) is 10.7. The third-order valence-electron chi connectivity index (χ3n) is 3.24. The number of esters is 1. The predicted molar refractivity (Wildman–Crippen MR) is 76.9 cm³/mol. The Balaban J connectivity index is 1.78. The van der Waals surface area contributed by atoms with Crippen LogP contribution in [-0.4, -0.2) is 17.6 Å². The number of hydrogen-bond donors (Lipinski definition) is 0. The summed E-state index contributed by atoms with van der Waals surface area (Å²) in [4.78, 5) is 19.1. The summed E-state index contributed by atoms with van der Waals surface area (Å²) in [6.45, 7) is 2.29. The van der Waals surface area contributed by atoms with Gasteiger partial charge >= 0.3 is 5.97 Å². The van der Waals surface area contributed by atoms with Crippen LogP contribution in [0.3, 0.4) is 0 Å². The van der Waals surface area contributed by atoms with Crippen LogP contribution in [0.15, 0.2) is 17.5 Å². The van der Waals surface area contributed by atoms with E-state index in [4.69, 9.17) is 4.74 Å². The molecule has 5 heteroatoms. The Bertz CT molecular complexity index is 574. The van der Waals surface area contributed by atoms with Crippen molar-refractivity contribution in [2.45, 2.75) is 32.1 Å². The van der Waals surface area contributed by atoms with Crippen LogP contribution in [0.25, 0.3) is 0 Å². The van der Waals surface area contributed by atoms with Gasteiger partial charge in [-0.05, 0) is 31.2 Å². The zero-order valence-corrected chi connectivity index (χ0v) is 12.4. The van der Waals surface area contributed by atoms with Crippen molar-refractivity contribution in [1.82, 2.24) is 4.98 Å². The summed E-state index contributed by atoms with van der Waals surface area (Å²) in [5, 5.41) is 3.19. The van der Waals surface area contributed by atoms with Gasteiger partial charge in [-0.1, -0.05) is 6.07 Å². The summed E-state index contributed by atoms with van der Waals surface area (Å²) in [6.07, 6.45) is 2.69. The first kappa shape index (κ1) is 12.8. The van der Waals surface area contributed by atoms with Crippen molar-refractivity contribution >= 4 is 28.6 Å². The molecule has 0 saturated heterocycles. The number of carbonyl (C=O) groups is 1. The van der Waals surface area contributed by atoms with Gasteiger partial charge in [-0.2, -0.15) is 0 Å². The SMILES string of the molecule is CCOC(=O)C1CCc2sc(Cc3cccs3)nc21. The van der Waals surface area contributed by atoms with Gasteiger partial charge in [0.1, 0.15) is 5.92 Å². The molecule has 1 aliphatic carbocycles. The molecular formula is C14H15NO2S2. The molecule has 0 aromatic carbocycles. The molecule has 3 rings (SSSR count). The molecule has 0 radical (unpaired) electrons. The van der Waals surface area contributed by atoms with Crippen LogP contribution >= 0.6 is 22.7 Å². The highest BCUT2D eigenvalue weighted by Gasteiger charge is 2.33. The van der Waals surface area contributed by atoms with E-state index >= 15 is 0 Å². The van der Waals surface area contributed by atoms with Crippen molar-refractivity contribution in [2.75, 3.05) is 6.61 Å². The van der Waals surface area contributed by atoms with Gasteiger partial charge in [0.15, 0.2) is 0 Å². The number of thiazole rings is 1. The molecule has 0 amide bonds. The minimum absolute atomic E-state index is 0.116. The summed E-state index contributed by atoms with van der Waals surface area (Å²) in [5.41, 5.74) is 0.968. The topological polar surface area (TPSA) is 39.2 Å². The number of carbonyl (C=O) groups excluding carboxylic acids is 1. The van der Waals surface area contributed by atoms with Crippen LogP contribution in [-0.2, 0) is 22.4 Å². The van der Waals surface area contributed by atoms with E-state index in [0.717, 1.165) is 30.0 Å². The monoisotopic (exact) mass is 293 g/mol. The van der Waals surface area contributed by atoms with Gasteiger partial charge in [-0.15, -0.1) is 22.7 Å². The number of fused-ring (bicyclic) bond motifs is 1. The molecule has 2 heterocycles. The van der Waals surface area contributed by atoms with E-state index in [1.165, 1.54) is 9.75 Å². The van der Waals surface area contributed by atoms with Crippen LogP contribution in [0.4, 0.5) is 0 Å². The minimum atomic E-state index is -0.136. The van der Waals surface area contributed by atoms with Crippen molar-refractivity contribution in [3.8, 4) is 0 Å². The number of ether oxygens (including phenoxy) is 1. The first-order chi connectivity index (χ1) is 9.28. The molecule has 0 saturated carbocycles. The van der Waals surface area contributed by atoms with Gasteiger partial charge in [0.05, 0.1) is 17.3 Å². The first-order valence-electron chi connectivity index (χ1n) is 6.45. The molecule has 0 spiro atoms. The van der Waals surface area contributed by atoms with Crippen LogP contribution in [0.2, 0.25) is 0 Å². The summed E-state index contributed by atoms with van der Waals surface area (Å²) >= 11 is 3.50. The van der Waals surface area contributed by atoms with E-state index in [9.17, 15) is 4.79 Å². The molecule has 1 unspecified atom stereocenters. The maximum Gasteiger partial charge on any atom is 0.315 e. The smallest absolute Gasteiger partial charge is 0.315 e. The molecule has 0 N–H and O–H groups in total. The lowest BCUT2D eigenvalue weighted by atomic mass is 10.1. The number of nitrogens with zero attached hydrogens (tertiary/aromatic N) is 1. The Morgan fingerprint density at radius 1 is 1.58 bits per heavy atom. The van der Waals surface area contributed by atoms with E-state index in [2.05, 4.69) is 22.5 Å². The van der Waals surface area contributed by atoms with E-state index < -0.39 is 0 Å². The van der Waals surface area contributed by atoms with Gasteiger partial charge in [0.2, 0.25) is 0 Å². The highest BCUT2D eigenvalue weighted by molar-refractivity contribution is 7.12. The molecule has 1 aliphatic rings. The third kappa shape index (κ3) is 2.58. The van der Waals surface area contributed by atoms with Crippen LogP contribution in [0.1, 0.15) is 39.7 Å². The van der Waals surface area contributed by atoms with Crippen molar-refractivity contribution in [3.05, 3.63) is 38.0 Å². The van der Waals surface area contributed by atoms with Gasteiger partial charge < -0.3 is 4.74 Å². The highest BCUT2D eigenvalue weighted by Crippen LogP contribution is 2.37. The lowest BCUT2D eigenvalue weighted by Crippen LogP contribution is -2.14. The molecule has 1 atom stereocenters.